The van der Waals surface area contributed by atoms with Gasteiger partial charge in [-0.2, -0.15) is 5.10 Å². The molecule has 0 aliphatic carbocycles. The maximum atomic E-state index is 6.27. The average Bonchev–Trinajstić information content (AvgIpc) is 2.95. The number of rotatable bonds is 8. The minimum absolute atomic E-state index is 0.202. The molecule has 1 atom stereocenters. The second-order valence-electron chi connectivity index (χ2n) is 4.54. The van der Waals surface area contributed by atoms with E-state index >= 15 is 0 Å². The summed E-state index contributed by atoms with van der Waals surface area (Å²) >= 11 is 17.9. The van der Waals surface area contributed by atoms with Crippen LogP contribution in [0.4, 0.5) is 0 Å². The summed E-state index contributed by atoms with van der Waals surface area (Å²) in [7, 11) is 0. The van der Waals surface area contributed by atoms with E-state index in [1.165, 1.54) is 6.33 Å². The van der Waals surface area contributed by atoms with Crippen molar-refractivity contribution in [3.05, 3.63) is 46.5 Å². The zero-order valence-corrected chi connectivity index (χ0v) is 13.7. The van der Waals surface area contributed by atoms with Crippen LogP contribution in [0.3, 0.4) is 0 Å². The summed E-state index contributed by atoms with van der Waals surface area (Å²) in [5, 5.41) is 5.30. The zero-order chi connectivity index (χ0) is 15.1. The zero-order valence-electron chi connectivity index (χ0n) is 11.4. The third-order valence-electron chi connectivity index (χ3n) is 2.98. The van der Waals surface area contributed by atoms with Gasteiger partial charge in [0.1, 0.15) is 18.8 Å². The van der Waals surface area contributed by atoms with E-state index in [9.17, 15) is 0 Å². The molecule has 1 aromatic carbocycles. The summed E-state index contributed by atoms with van der Waals surface area (Å²) in [6.45, 7) is 1.16. The molecule has 0 aliphatic heterocycles. The molecular weight excluding hydrogens is 333 g/mol. The number of hydrogen-bond donors (Lipinski definition) is 0. The van der Waals surface area contributed by atoms with Gasteiger partial charge < -0.3 is 4.74 Å². The van der Waals surface area contributed by atoms with Crippen molar-refractivity contribution in [1.82, 2.24) is 14.8 Å². The number of benzene rings is 1. The first-order chi connectivity index (χ1) is 10.2. The first-order valence-electron chi connectivity index (χ1n) is 6.65. The monoisotopic (exact) mass is 347 g/mol. The van der Waals surface area contributed by atoms with Crippen molar-refractivity contribution in [1.29, 1.82) is 0 Å². The topological polar surface area (TPSA) is 39.9 Å². The number of ether oxygens (including phenoxy) is 1. The highest BCUT2D eigenvalue weighted by atomic mass is 35.5. The quantitative estimate of drug-likeness (QED) is 0.525. The molecule has 2 rings (SSSR count). The molecule has 7 heteroatoms. The third-order valence-corrected chi connectivity index (χ3v) is 3.81. The Labute approximate surface area is 139 Å². The minimum Gasteiger partial charge on any atom is -0.372 e. The lowest BCUT2D eigenvalue weighted by molar-refractivity contribution is 0.0364. The molecule has 21 heavy (non-hydrogen) atoms. The normalized spacial score (nSPS) is 12.5. The van der Waals surface area contributed by atoms with Crippen LogP contribution >= 0.6 is 34.8 Å². The predicted molar refractivity (Wildman–Crippen MR) is 85.1 cm³/mol. The summed E-state index contributed by atoms with van der Waals surface area (Å²) in [6, 6.07) is 5.40. The van der Waals surface area contributed by atoms with Gasteiger partial charge >= 0.3 is 0 Å². The smallest absolute Gasteiger partial charge is 0.137 e. The molecule has 0 N–H and O–H groups in total. The largest absolute Gasteiger partial charge is 0.372 e. The average molecular weight is 349 g/mol. The van der Waals surface area contributed by atoms with Gasteiger partial charge in [-0.05, 0) is 25.0 Å². The van der Waals surface area contributed by atoms with Crippen molar-refractivity contribution >= 4 is 34.8 Å². The van der Waals surface area contributed by atoms with E-state index in [2.05, 4.69) is 10.1 Å². The SMILES string of the molecule is ClCCCCOC(Cn1cncn1)c1ccc(Cl)cc1Cl. The van der Waals surface area contributed by atoms with Crippen LogP contribution in [-0.4, -0.2) is 27.3 Å². The van der Waals surface area contributed by atoms with Gasteiger partial charge in [-0.3, -0.25) is 4.68 Å². The fraction of sp³-hybridized carbons (Fsp3) is 0.429. The number of halogens is 3. The van der Waals surface area contributed by atoms with E-state index in [1.807, 2.05) is 6.07 Å². The van der Waals surface area contributed by atoms with Crippen LogP contribution in [0.15, 0.2) is 30.9 Å². The molecule has 0 fully saturated rings. The molecule has 0 amide bonds. The van der Waals surface area contributed by atoms with E-state index in [-0.39, 0.29) is 6.10 Å². The lowest BCUT2D eigenvalue weighted by Gasteiger charge is -2.19. The molecule has 0 saturated carbocycles. The number of nitrogens with zero attached hydrogens (tertiary/aromatic N) is 3. The molecule has 1 aromatic heterocycles. The molecule has 2 aromatic rings. The molecule has 1 heterocycles. The molecule has 0 bridgehead atoms. The molecular formula is C14H16Cl3N3O. The number of hydrogen-bond acceptors (Lipinski definition) is 3. The third kappa shape index (κ3) is 5.15. The lowest BCUT2D eigenvalue weighted by atomic mass is 10.1. The van der Waals surface area contributed by atoms with Crippen LogP contribution in [0.5, 0.6) is 0 Å². The Morgan fingerprint density at radius 3 is 2.76 bits per heavy atom. The fourth-order valence-electron chi connectivity index (χ4n) is 1.92. The van der Waals surface area contributed by atoms with Crippen LogP contribution in [0, 0.1) is 0 Å². The maximum absolute atomic E-state index is 6.27. The standard InChI is InChI=1S/C14H16Cl3N3O/c15-5-1-2-6-21-14(8-20-10-18-9-19-20)12-4-3-11(16)7-13(12)17/h3-4,7,9-10,14H,1-2,5-6,8H2. The molecule has 0 spiro atoms. The molecule has 0 aliphatic rings. The van der Waals surface area contributed by atoms with Crippen molar-refractivity contribution in [2.24, 2.45) is 0 Å². The van der Waals surface area contributed by atoms with Crippen LogP contribution in [-0.2, 0) is 11.3 Å². The molecule has 114 valence electrons. The Morgan fingerprint density at radius 2 is 2.10 bits per heavy atom. The molecule has 4 nitrogen and oxygen atoms in total. The first kappa shape index (κ1) is 16.6. The van der Waals surface area contributed by atoms with Crippen molar-refractivity contribution in [2.45, 2.75) is 25.5 Å². The Kier molecular flexibility index (Phi) is 6.77. The van der Waals surface area contributed by atoms with Gasteiger partial charge in [-0.1, -0.05) is 29.3 Å². The minimum atomic E-state index is -0.202. The van der Waals surface area contributed by atoms with E-state index < -0.39 is 0 Å². The highest BCUT2D eigenvalue weighted by Crippen LogP contribution is 2.29. The Balaban J connectivity index is 2.10. The van der Waals surface area contributed by atoms with Crippen molar-refractivity contribution in [2.75, 3.05) is 12.5 Å². The van der Waals surface area contributed by atoms with E-state index in [1.54, 1.807) is 23.1 Å². The van der Waals surface area contributed by atoms with Crippen LogP contribution in [0.25, 0.3) is 0 Å². The second kappa shape index (κ2) is 8.59. The van der Waals surface area contributed by atoms with Gasteiger partial charge in [-0.25, -0.2) is 4.98 Å². The molecule has 0 saturated heterocycles. The highest BCUT2D eigenvalue weighted by molar-refractivity contribution is 6.35. The summed E-state index contributed by atoms with van der Waals surface area (Å²) < 4.78 is 7.67. The van der Waals surface area contributed by atoms with Gasteiger partial charge in [0.25, 0.3) is 0 Å². The predicted octanol–water partition coefficient (Wildman–Crippen LogP) is 4.36. The Morgan fingerprint density at radius 1 is 1.24 bits per heavy atom. The first-order valence-corrected chi connectivity index (χ1v) is 7.94. The van der Waals surface area contributed by atoms with E-state index in [4.69, 9.17) is 39.5 Å². The van der Waals surface area contributed by atoms with Gasteiger partial charge in [0.05, 0.1) is 6.54 Å². The van der Waals surface area contributed by atoms with Gasteiger partial charge in [0, 0.05) is 28.1 Å². The second-order valence-corrected chi connectivity index (χ2v) is 5.76. The van der Waals surface area contributed by atoms with E-state index in [0.29, 0.717) is 29.1 Å². The van der Waals surface area contributed by atoms with Crippen LogP contribution in [0.1, 0.15) is 24.5 Å². The summed E-state index contributed by atoms with van der Waals surface area (Å²) in [5.74, 6) is 0.638. The highest BCUT2D eigenvalue weighted by Gasteiger charge is 2.17. The lowest BCUT2D eigenvalue weighted by Crippen LogP contribution is -2.14. The maximum Gasteiger partial charge on any atom is 0.137 e. The van der Waals surface area contributed by atoms with E-state index in [0.717, 1.165) is 18.4 Å². The van der Waals surface area contributed by atoms with Crippen molar-refractivity contribution in [3.63, 3.8) is 0 Å². The van der Waals surface area contributed by atoms with Gasteiger partial charge in [0.15, 0.2) is 0 Å². The van der Waals surface area contributed by atoms with Crippen molar-refractivity contribution < 1.29 is 4.74 Å². The molecule has 1 unspecified atom stereocenters. The number of aromatic nitrogens is 3. The molecule has 0 radical (unpaired) electrons. The van der Waals surface area contributed by atoms with Gasteiger partial charge in [0.2, 0.25) is 0 Å². The summed E-state index contributed by atoms with van der Waals surface area (Å²) in [6.07, 6.45) is 4.77. The Hall–Kier alpha value is -0.810. The fourth-order valence-corrected chi connectivity index (χ4v) is 2.64. The summed E-state index contributed by atoms with van der Waals surface area (Å²) in [4.78, 5) is 3.94. The number of unbranched alkanes of at least 4 members (excludes halogenated alkanes) is 1. The van der Waals surface area contributed by atoms with Crippen molar-refractivity contribution in [3.8, 4) is 0 Å². The Bertz CT molecular complexity index is 548. The van der Waals surface area contributed by atoms with Crippen LogP contribution in [0.2, 0.25) is 10.0 Å². The van der Waals surface area contributed by atoms with Gasteiger partial charge in [-0.15, -0.1) is 11.6 Å². The number of alkyl halides is 1. The summed E-state index contributed by atoms with van der Waals surface area (Å²) in [5.41, 5.74) is 0.891. The van der Waals surface area contributed by atoms with Crippen LogP contribution < -0.4 is 0 Å².